The molecule has 0 radical (unpaired) electrons. The number of aliphatic hydroxyl groups excluding tert-OH is 1. The first-order valence-electron chi connectivity index (χ1n) is 10.9. The van der Waals surface area contributed by atoms with Crippen molar-refractivity contribution in [2.24, 2.45) is 7.05 Å². The summed E-state index contributed by atoms with van der Waals surface area (Å²) in [7, 11) is 1.78. The number of pyridine rings is 1. The average Bonchev–Trinajstić information content (AvgIpc) is 3.20. The minimum Gasteiger partial charge on any atom is -0.507 e. The second kappa shape index (κ2) is 9.22. The highest BCUT2D eigenvalue weighted by molar-refractivity contribution is 6.46. The molecule has 2 aromatic heterocycles. The Morgan fingerprint density at radius 3 is 2.56 bits per heavy atom. The summed E-state index contributed by atoms with van der Waals surface area (Å²) in [4.78, 5) is 34.4. The number of aromatic nitrogens is 3. The summed E-state index contributed by atoms with van der Waals surface area (Å²) in [6.45, 7) is 7.95. The van der Waals surface area contributed by atoms with E-state index in [0.717, 1.165) is 25.3 Å². The fraction of sp³-hybridized carbons (Fsp3) is 0.478. The van der Waals surface area contributed by atoms with Gasteiger partial charge in [0.25, 0.3) is 11.7 Å². The Morgan fingerprint density at radius 2 is 1.94 bits per heavy atom. The van der Waals surface area contributed by atoms with Crippen LogP contribution < -0.4 is 0 Å². The van der Waals surface area contributed by atoms with E-state index in [1.54, 1.807) is 37.0 Å². The van der Waals surface area contributed by atoms with Crippen molar-refractivity contribution in [1.29, 1.82) is 0 Å². The summed E-state index contributed by atoms with van der Waals surface area (Å²) in [5.74, 6) is -1.49. The van der Waals surface area contributed by atoms with Gasteiger partial charge in [-0.2, -0.15) is 5.10 Å². The first-order valence-corrected chi connectivity index (χ1v) is 10.9. The molecule has 0 aromatic carbocycles. The van der Waals surface area contributed by atoms with E-state index in [1.807, 2.05) is 13.0 Å². The number of carbonyl (C=O) groups excluding carboxylic acids is 2. The molecule has 4 heterocycles. The topological polar surface area (TPSA) is 101 Å². The van der Waals surface area contributed by atoms with E-state index < -0.39 is 17.7 Å². The lowest BCUT2D eigenvalue weighted by Gasteiger charge is -2.28. The molecule has 0 aliphatic carbocycles. The summed E-state index contributed by atoms with van der Waals surface area (Å²) in [5.41, 5.74) is 2.43. The van der Waals surface area contributed by atoms with Crippen molar-refractivity contribution in [1.82, 2.24) is 24.6 Å². The predicted molar refractivity (Wildman–Crippen MR) is 118 cm³/mol. The average molecular weight is 440 g/mol. The van der Waals surface area contributed by atoms with Gasteiger partial charge in [0.2, 0.25) is 0 Å². The van der Waals surface area contributed by atoms with E-state index in [-0.39, 0.29) is 11.3 Å². The first kappa shape index (κ1) is 22.2. The van der Waals surface area contributed by atoms with E-state index in [1.165, 1.54) is 4.90 Å². The van der Waals surface area contributed by atoms with Crippen LogP contribution in [0.1, 0.15) is 35.1 Å². The standard InChI is InChI=1S/C23H29N5O4/c1-15-18(16(2)26(3)25-15)21(29)19-20(17-7-4-5-8-24-17)28(23(31)22(19)30)10-6-9-27-11-13-32-14-12-27/h4-5,7-8,20,29H,6,9-14H2,1-3H3/b21-19+/t20-/m1/s1. The molecule has 170 valence electrons. The molecule has 2 aliphatic rings. The van der Waals surface area contributed by atoms with Crippen LogP contribution in [-0.2, 0) is 21.4 Å². The smallest absolute Gasteiger partial charge is 0.295 e. The number of ether oxygens (including phenoxy) is 1. The van der Waals surface area contributed by atoms with Crippen LogP contribution in [0.4, 0.5) is 0 Å². The van der Waals surface area contributed by atoms with Crippen molar-refractivity contribution in [3.05, 3.63) is 52.6 Å². The molecule has 9 heteroatoms. The number of nitrogens with zero attached hydrogens (tertiary/aromatic N) is 5. The van der Waals surface area contributed by atoms with Crippen molar-refractivity contribution < 1.29 is 19.4 Å². The third-order valence-electron chi connectivity index (χ3n) is 6.23. The summed E-state index contributed by atoms with van der Waals surface area (Å²) in [5, 5.41) is 15.6. The highest BCUT2D eigenvalue weighted by Gasteiger charge is 2.47. The molecule has 2 aromatic rings. The van der Waals surface area contributed by atoms with Gasteiger partial charge < -0.3 is 14.7 Å². The zero-order valence-electron chi connectivity index (χ0n) is 18.7. The van der Waals surface area contributed by atoms with Crippen molar-refractivity contribution in [2.45, 2.75) is 26.3 Å². The predicted octanol–water partition coefficient (Wildman–Crippen LogP) is 1.58. The normalized spacial score (nSPS) is 21.5. The van der Waals surface area contributed by atoms with E-state index >= 15 is 0 Å². The van der Waals surface area contributed by atoms with Crippen LogP contribution in [0.15, 0.2) is 30.0 Å². The molecule has 32 heavy (non-hydrogen) atoms. The van der Waals surface area contributed by atoms with Crippen molar-refractivity contribution in [2.75, 3.05) is 39.4 Å². The molecule has 2 aliphatic heterocycles. The molecular weight excluding hydrogens is 410 g/mol. The van der Waals surface area contributed by atoms with Crippen LogP contribution in [0.2, 0.25) is 0 Å². The van der Waals surface area contributed by atoms with Crippen LogP contribution in [0.25, 0.3) is 5.76 Å². The molecule has 1 N–H and O–H groups in total. The number of rotatable bonds is 6. The number of likely N-dealkylation sites (tertiary alicyclic amines) is 1. The monoisotopic (exact) mass is 439 g/mol. The number of ketones is 1. The second-order valence-electron chi connectivity index (χ2n) is 8.22. The van der Waals surface area contributed by atoms with Crippen LogP contribution >= 0.6 is 0 Å². The number of aryl methyl sites for hydroxylation is 2. The van der Waals surface area contributed by atoms with E-state index in [2.05, 4.69) is 15.0 Å². The summed E-state index contributed by atoms with van der Waals surface area (Å²) >= 11 is 0. The molecule has 9 nitrogen and oxygen atoms in total. The number of Topliss-reactive ketones (excluding diaryl/α,β-unsaturated/α-hetero) is 1. The Balaban J connectivity index is 1.69. The maximum absolute atomic E-state index is 13.1. The Morgan fingerprint density at radius 1 is 1.19 bits per heavy atom. The van der Waals surface area contributed by atoms with Gasteiger partial charge in [0.1, 0.15) is 11.8 Å². The Bertz CT molecular complexity index is 1040. The van der Waals surface area contributed by atoms with Gasteiger partial charge in [0.05, 0.1) is 35.7 Å². The van der Waals surface area contributed by atoms with Crippen molar-refractivity contribution >= 4 is 17.4 Å². The maximum Gasteiger partial charge on any atom is 0.295 e. The van der Waals surface area contributed by atoms with Gasteiger partial charge in [0.15, 0.2) is 0 Å². The third-order valence-corrected chi connectivity index (χ3v) is 6.23. The van der Waals surface area contributed by atoms with E-state index in [4.69, 9.17) is 4.74 Å². The van der Waals surface area contributed by atoms with Crippen LogP contribution in [-0.4, -0.2) is 80.8 Å². The number of aliphatic hydroxyl groups is 1. The fourth-order valence-corrected chi connectivity index (χ4v) is 4.50. The van der Waals surface area contributed by atoms with Gasteiger partial charge in [-0.25, -0.2) is 0 Å². The summed E-state index contributed by atoms with van der Waals surface area (Å²) in [6, 6.07) is 4.64. The SMILES string of the molecule is Cc1nn(C)c(C)c1/C(O)=C1\C(=O)C(=O)N(CCCN2CCOCC2)[C@@H]1c1ccccn1. The van der Waals surface area contributed by atoms with Gasteiger partial charge >= 0.3 is 0 Å². The Kier molecular flexibility index (Phi) is 6.38. The quantitative estimate of drug-likeness (QED) is 0.414. The zero-order chi connectivity index (χ0) is 22.8. The number of hydrogen-bond acceptors (Lipinski definition) is 7. The molecule has 1 atom stereocenters. The van der Waals surface area contributed by atoms with Crippen molar-refractivity contribution in [3.8, 4) is 0 Å². The van der Waals surface area contributed by atoms with Gasteiger partial charge in [0, 0.05) is 45.1 Å². The van der Waals surface area contributed by atoms with E-state index in [9.17, 15) is 14.7 Å². The molecule has 1 amide bonds. The molecular formula is C23H29N5O4. The van der Waals surface area contributed by atoms with E-state index in [0.29, 0.717) is 43.1 Å². The summed E-state index contributed by atoms with van der Waals surface area (Å²) < 4.78 is 7.04. The highest BCUT2D eigenvalue weighted by Crippen LogP contribution is 2.39. The number of carbonyl (C=O) groups is 2. The van der Waals surface area contributed by atoms with Crippen LogP contribution in [0.3, 0.4) is 0 Å². The molecule has 0 saturated carbocycles. The van der Waals surface area contributed by atoms with Crippen LogP contribution in [0, 0.1) is 13.8 Å². The van der Waals surface area contributed by atoms with Gasteiger partial charge in [-0.05, 0) is 32.4 Å². The second-order valence-corrected chi connectivity index (χ2v) is 8.22. The van der Waals surface area contributed by atoms with Gasteiger partial charge in [-0.15, -0.1) is 0 Å². The largest absolute Gasteiger partial charge is 0.507 e. The number of hydrogen-bond donors (Lipinski definition) is 1. The minimum atomic E-state index is -0.736. The molecule has 0 unspecified atom stereocenters. The number of amides is 1. The lowest BCUT2D eigenvalue weighted by Crippen LogP contribution is -2.39. The molecule has 2 fully saturated rings. The van der Waals surface area contributed by atoms with Crippen molar-refractivity contribution in [3.63, 3.8) is 0 Å². The van der Waals surface area contributed by atoms with Crippen LogP contribution in [0.5, 0.6) is 0 Å². The molecule has 2 saturated heterocycles. The summed E-state index contributed by atoms with van der Waals surface area (Å²) in [6.07, 6.45) is 2.34. The maximum atomic E-state index is 13.1. The fourth-order valence-electron chi connectivity index (χ4n) is 4.50. The highest BCUT2D eigenvalue weighted by atomic mass is 16.5. The van der Waals surface area contributed by atoms with Gasteiger partial charge in [-0.1, -0.05) is 6.07 Å². The lowest BCUT2D eigenvalue weighted by atomic mass is 9.97. The first-order chi connectivity index (χ1) is 15.4. The minimum absolute atomic E-state index is 0.0688. The third kappa shape index (κ3) is 4.05. The lowest BCUT2D eigenvalue weighted by molar-refractivity contribution is -0.140. The Hall–Kier alpha value is -3.04. The molecule has 0 spiro atoms. The molecule has 4 rings (SSSR count). The van der Waals surface area contributed by atoms with Gasteiger partial charge in [-0.3, -0.25) is 24.2 Å². The number of morpholine rings is 1. The Labute approximate surface area is 187 Å². The molecule has 0 bridgehead atoms. The zero-order valence-corrected chi connectivity index (χ0v) is 18.7.